The molecule has 22 heavy (non-hydrogen) atoms. The number of thiophene rings is 1. The van der Waals surface area contributed by atoms with Gasteiger partial charge in [-0.1, -0.05) is 30.0 Å². The summed E-state index contributed by atoms with van der Waals surface area (Å²) in [4.78, 5) is 11.0. The Kier molecular flexibility index (Phi) is 3.44. The van der Waals surface area contributed by atoms with E-state index in [-0.39, 0.29) is 0 Å². The summed E-state index contributed by atoms with van der Waals surface area (Å²) in [5.74, 6) is 0.871. The number of furan rings is 1. The summed E-state index contributed by atoms with van der Waals surface area (Å²) in [5, 5.41) is 4.26. The molecular formula is C17H12N2OS2. The van der Waals surface area contributed by atoms with Crippen molar-refractivity contribution in [1.82, 2.24) is 9.97 Å². The third kappa shape index (κ3) is 2.32. The zero-order chi connectivity index (χ0) is 14.9. The van der Waals surface area contributed by atoms with E-state index in [0.29, 0.717) is 0 Å². The molecule has 5 heteroatoms. The molecule has 0 saturated carbocycles. The second-order valence-corrected chi connectivity index (χ2v) is 6.74. The molecule has 0 saturated heterocycles. The monoisotopic (exact) mass is 324 g/mol. The summed E-state index contributed by atoms with van der Waals surface area (Å²) in [6, 6.07) is 12.1. The molecule has 108 valence electrons. The first-order chi connectivity index (χ1) is 10.8. The second kappa shape index (κ2) is 5.59. The summed E-state index contributed by atoms with van der Waals surface area (Å²) < 4.78 is 5.55. The van der Waals surface area contributed by atoms with Gasteiger partial charge in [-0.25, -0.2) is 9.97 Å². The van der Waals surface area contributed by atoms with Crippen LogP contribution in [0.1, 0.15) is 5.56 Å². The normalized spacial score (nSPS) is 11.1. The Bertz CT molecular complexity index is 929. The maximum absolute atomic E-state index is 5.55. The van der Waals surface area contributed by atoms with Crippen LogP contribution < -0.4 is 0 Å². The number of nitrogens with zero attached hydrogens (tertiary/aromatic N) is 2. The first-order valence-electron chi connectivity index (χ1n) is 6.82. The fourth-order valence-corrected chi connectivity index (χ4v) is 4.40. The maximum atomic E-state index is 5.55. The third-order valence-electron chi connectivity index (χ3n) is 3.40. The molecule has 0 aliphatic heterocycles. The first kappa shape index (κ1) is 13.5. The molecule has 0 bridgehead atoms. The highest BCUT2D eigenvalue weighted by Crippen LogP contribution is 2.39. The van der Waals surface area contributed by atoms with E-state index < -0.39 is 0 Å². The Labute approximate surface area is 136 Å². The van der Waals surface area contributed by atoms with E-state index in [2.05, 4.69) is 34.4 Å². The van der Waals surface area contributed by atoms with E-state index in [4.69, 9.17) is 4.42 Å². The number of rotatable bonds is 3. The zero-order valence-electron chi connectivity index (χ0n) is 11.8. The number of fused-ring (bicyclic) bond motifs is 1. The lowest BCUT2D eigenvalue weighted by atomic mass is 10.2. The van der Waals surface area contributed by atoms with E-state index >= 15 is 0 Å². The topological polar surface area (TPSA) is 38.9 Å². The van der Waals surface area contributed by atoms with Gasteiger partial charge < -0.3 is 4.42 Å². The van der Waals surface area contributed by atoms with Crippen LogP contribution in [0.15, 0.2) is 68.7 Å². The molecule has 3 heterocycles. The Hall–Kier alpha value is -2.11. The first-order valence-corrected chi connectivity index (χ1v) is 8.52. The van der Waals surface area contributed by atoms with E-state index in [1.807, 2.05) is 24.3 Å². The molecule has 0 amide bonds. The van der Waals surface area contributed by atoms with Gasteiger partial charge in [-0.15, -0.1) is 11.3 Å². The van der Waals surface area contributed by atoms with Gasteiger partial charge in [0.15, 0.2) is 0 Å². The van der Waals surface area contributed by atoms with Crippen LogP contribution in [0.5, 0.6) is 0 Å². The summed E-state index contributed by atoms with van der Waals surface area (Å²) in [6.45, 7) is 2.10. The van der Waals surface area contributed by atoms with Gasteiger partial charge in [-0.3, -0.25) is 0 Å². The van der Waals surface area contributed by atoms with Gasteiger partial charge in [0.05, 0.1) is 6.26 Å². The summed E-state index contributed by atoms with van der Waals surface area (Å²) in [6.07, 6.45) is 3.33. The third-order valence-corrected chi connectivity index (χ3v) is 5.48. The van der Waals surface area contributed by atoms with Crippen molar-refractivity contribution in [2.75, 3.05) is 0 Å². The highest BCUT2D eigenvalue weighted by atomic mass is 32.2. The minimum Gasteiger partial charge on any atom is -0.464 e. The van der Waals surface area contributed by atoms with E-state index in [1.54, 1.807) is 35.7 Å². The Morgan fingerprint density at radius 1 is 1.09 bits per heavy atom. The smallest absolute Gasteiger partial charge is 0.134 e. The van der Waals surface area contributed by atoms with Gasteiger partial charge in [0.2, 0.25) is 0 Å². The molecule has 3 nitrogen and oxygen atoms in total. The lowest BCUT2D eigenvalue weighted by molar-refractivity contribution is 0.581. The van der Waals surface area contributed by atoms with Crippen molar-refractivity contribution >= 4 is 33.3 Å². The van der Waals surface area contributed by atoms with Gasteiger partial charge in [0.1, 0.15) is 21.9 Å². The molecular weight excluding hydrogens is 312 g/mol. The number of hydrogen-bond acceptors (Lipinski definition) is 5. The van der Waals surface area contributed by atoms with Crippen LogP contribution in [-0.2, 0) is 0 Å². The average molecular weight is 324 g/mol. The summed E-state index contributed by atoms with van der Waals surface area (Å²) >= 11 is 3.31. The van der Waals surface area contributed by atoms with Crippen molar-refractivity contribution in [3.63, 3.8) is 0 Å². The predicted molar refractivity (Wildman–Crippen MR) is 90.4 cm³/mol. The van der Waals surface area contributed by atoms with Crippen molar-refractivity contribution in [1.29, 1.82) is 0 Å². The van der Waals surface area contributed by atoms with Gasteiger partial charge in [-0.2, -0.15) is 0 Å². The van der Waals surface area contributed by atoms with Crippen molar-refractivity contribution in [3.05, 3.63) is 59.9 Å². The fourth-order valence-electron chi connectivity index (χ4n) is 2.36. The highest BCUT2D eigenvalue weighted by Gasteiger charge is 2.13. The molecule has 0 fully saturated rings. The molecule has 4 aromatic rings. The molecule has 0 aliphatic rings. The number of aryl methyl sites for hydroxylation is 1. The Balaban J connectivity index is 1.82. The van der Waals surface area contributed by atoms with E-state index in [1.165, 1.54) is 5.56 Å². The Morgan fingerprint density at radius 3 is 2.86 bits per heavy atom. The summed E-state index contributed by atoms with van der Waals surface area (Å²) in [7, 11) is 0. The largest absolute Gasteiger partial charge is 0.464 e. The highest BCUT2D eigenvalue weighted by molar-refractivity contribution is 7.99. The minimum absolute atomic E-state index is 0.871. The van der Waals surface area contributed by atoms with Gasteiger partial charge in [0, 0.05) is 15.8 Å². The van der Waals surface area contributed by atoms with Crippen LogP contribution >= 0.6 is 23.1 Å². The van der Waals surface area contributed by atoms with Crippen LogP contribution in [0, 0.1) is 6.92 Å². The standard InChI is InChI=1S/C17H12N2OS2/c1-11-9-21-16-15(11)17(19-10-18-16)22-14-7-3-2-5-12(14)13-6-4-8-20-13/h2-10H,1H3. The van der Waals surface area contributed by atoms with E-state index in [9.17, 15) is 0 Å². The second-order valence-electron chi connectivity index (χ2n) is 4.85. The van der Waals surface area contributed by atoms with Crippen LogP contribution in [0.2, 0.25) is 0 Å². The van der Waals surface area contributed by atoms with Crippen LogP contribution in [0.3, 0.4) is 0 Å². The molecule has 1 aromatic carbocycles. The summed E-state index contributed by atoms with van der Waals surface area (Å²) in [5.41, 5.74) is 2.30. The van der Waals surface area contributed by atoms with Gasteiger partial charge >= 0.3 is 0 Å². The average Bonchev–Trinajstić information content (AvgIpc) is 3.19. The van der Waals surface area contributed by atoms with Crippen molar-refractivity contribution < 1.29 is 4.42 Å². The van der Waals surface area contributed by atoms with Crippen molar-refractivity contribution in [2.24, 2.45) is 0 Å². The van der Waals surface area contributed by atoms with Crippen molar-refractivity contribution in [3.8, 4) is 11.3 Å². The van der Waals surface area contributed by atoms with Crippen LogP contribution in [-0.4, -0.2) is 9.97 Å². The fraction of sp³-hybridized carbons (Fsp3) is 0.0588. The minimum atomic E-state index is 0.871. The molecule has 0 spiro atoms. The predicted octanol–water partition coefficient (Wildman–Crippen LogP) is 5.41. The van der Waals surface area contributed by atoms with E-state index in [0.717, 1.165) is 31.5 Å². The zero-order valence-corrected chi connectivity index (χ0v) is 13.4. The van der Waals surface area contributed by atoms with Crippen LogP contribution in [0.25, 0.3) is 21.5 Å². The molecule has 0 aliphatic carbocycles. The number of benzene rings is 1. The molecule has 3 aromatic heterocycles. The molecule has 4 rings (SSSR count). The Morgan fingerprint density at radius 2 is 2.00 bits per heavy atom. The lowest BCUT2D eigenvalue weighted by Gasteiger charge is -2.07. The SMILES string of the molecule is Cc1csc2ncnc(Sc3ccccc3-c3ccco3)c12. The van der Waals surface area contributed by atoms with Gasteiger partial charge in [0.25, 0.3) is 0 Å². The van der Waals surface area contributed by atoms with Gasteiger partial charge in [-0.05, 0) is 36.1 Å². The molecule has 0 unspecified atom stereocenters. The quantitative estimate of drug-likeness (QED) is 0.472. The van der Waals surface area contributed by atoms with Crippen LogP contribution in [0.4, 0.5) is 0 Å². The maximum Gasteiger partial charge on any atom is 0.134 e. The lowest BCUT2D eigenvalue weighted by Crippen LogP contribution is -1.86. The number of hydrogen-bond donors (Lipinski definition) is 0. The molecule has 0 N–H and O–H groups in total. The van der Waals surface area contributed by atoms with Crippen molar-refractivity contribution in [2.45, 2.75) is 16.8 Å². The molecule has 0 atom stereocenters. The number of aromatic nitrogens is 2. The molecule has 0 radical (unpaired) electrons.